The highest BCUT2D eigenvalue weighted by Gasteiger charge is 2.29. The molecule has 7 heteroatoms. The maximum atomic E-state index is 12.9. The van der Waals surface area contributed by atoms with Crippen LogP contribution < -0.4 is 10.6 Å². The van der Waals surface area contributed by atoms with E-state index in [0.29, 0.717) is 31.0 Å². The van der Waals surface area contributed by atoms with Crippen LogP contribution in [0.1, 0.15) is 56.3 Å². The van der Waals surface area contributed by atoms with Crippen LogP contribution in [-0.2, 0) is 9.59 Å². The number of carbonyl (C=O) groups excluding carboxylic acids is 3. The van der Waals surface area contributed by atoms with Crippen molar-refractivity contribution in [3.05, 3.63) is 23.9 Å². The number of likely N-dealkylation sites (tertiary alicyclic amines) is 1. The summed E-state index contributed by atoms with van der Waals surface area (Å²) in [6, 6.07) is 3.67. The molecule has 0 radical (unpaired) electrons. The molecule has 0 aliphatic carbocycles. The van der Waals surface area contributed by atoms with Gasteiger partial charge in [0, 0.05) is 50.6 Å². The van der Waals surface area contributed by atoms with Crippen molar-refractivity contribution in [1.29, 1.82) is 0 Å². The molecule has 3 heterocycles. The molecule has 0 saturated carbocycles. The van der Waals surface area contributed by atoms with Crippen LogP contribution in [0.25, 0.3) is 0 Å². The predicted molar refractivity (Wildman–Crippen MR) is 111 cm³/mol. The summed E-state index contributed by atoms with van der Waals surface area (Å²) < 4.78 is 0. The van der Waals surface area contributed by atoms with Crippen LogP contribution in [0.3, 0.4) is 0 Å². The monoisotopic (exact) mass is 400 g/mol. The SMILES string of the molecule is CC(C)CC(=O)C1CCCN(C(=O)c2ccc(N3CCC(C(N)=O)CC3)nc2)C1. The largest absolute Gasteiger partial charge is 0.369 e. The minimum atomic E-state index is -0.231. The Labute approximate surface area is 172 Å². The van der Waals surface area contributed by atoms with Gasteiger partial charge in [-0.2, -0.15) is 0 Å². The first-order valence-corrected chi connectivity index (χ1v) is 10.7. The Kier molecular flexibility index (Phi) is 6.87. The highest BCUT2D eigenvalue weighted by Crippen LogP contribution is 2.24. The highest BCUT2D eigenvalue weighted by atomic mass is 16.2. The Bertz CT molecular complexity index is 739. The smallest absolute Gasteiger partial charge is 0.255 e. The number of rotatable bonds is 6. The minimum Gasteiger partial charge on any atom is -0.369 e. The summed E-state index contributed by atoms with van der Waals surface area (Å²) in [6.45, 7) is 6.76. The average molecular weight is 401 g/mol. The summed E-state index contributed by atoms with van der Waals surface area (Å²) >= 11 is 0. The molecule has 1 aromatic heterocycles. The van der Waals surface area contributed by atoms with Crippen molar-refractivity contribution >= 4 is 23.4 Å². The molecule has 1 atom stereocenters. The molecular weight excluding hydrogens is 368 g/mol. The number of carbonyl (C=O) groups is 3. The van der Waals surface area contributed by atoms with Crippen LogP contribution in [0.2, 0.25) is 0 Å². The summed E-state index contributed by atoms with van der Waals surface area (Å²) in [5, 5.41) is 0. The molecule has 29 heavy (non-hydrogen) atoms. The van der Waals surface area contributed by atoms with Crippen LogP contribution in [0.4, 0.5) is 5.82 Å². The van der Waals surface area contributed by atoms with E-state index in [2.05, 4.69) is 9.88 Å². The number of amides is 2. The molecule has 2 amide bonds. The first kappa shape index (κ1) is 21.3. The van der Waals surface area contributed by atoms with Gasteiger partial charge in [0.05, 0.1) is 5.56 Å². The summed E-state index contributed by atoms with van der Waals surface area (Å²) in [5.74, 6) is 1.03. The van der Waals surface area contributed by atoms with Crippen molar-refractivity contribution in [2.24, 2.45) is 23.5 Å². The molecular formula is C22H32N4O3. The lowest BCUT2D eigenvalue weighted by atomic mass is 9.89. The van der Waals surface area contributed by atoms with Gasteiger partial charge in [0.2, 0.25) is 5.91 Å². The van der Waals surface area contributed by atoms with E-state index < -0.39 is 0 Å². The van der Waals surface area contributed by atoms with E-state index in [9.17, 15) is 14.4 Å². The van der Waals surface area contributed by atoms with Crippen molar-refractivity contribution in [3.63, 3.8) is 0 Å². The highest BCUT2D eigenvalue weighted by molar-refractivity contribution is 5.94. The van der Waals surface area contributed by atoms with Crippen LogP contribution in [0, 0.1) is 17.8 Å². The number of Topliss-reactive ketones (excluding diaryl/α,β-unsaturated/α-hetero) is 1. The minimum absolute atomic E-state index is 0.0473. The number of anilines is 1. The Morgan fingerprint density at radius 2 is 1.83 bits per heavy atom. The van der Waals surface area contributed by atoms with E-state index >= 15 is 0 Å². The van der Waals surface area contributed by atoms with Crippen molar-refractivity contribution in [1.82, 2.24) is 9.88 Å². The summed E-state index contributed by atoms with van der Waals surface area (Å²) in [7, 11) is 0. The molecule has 0 spiro atoms. The van der Waals surface area contributed by atoms with Gasteiger partial charge in [-0.25, -0.2) is 4.98 Å². The second-order valence-corrected chi connectivity index (χ2v) is 8.72. The number of primary amides is 1. The quantitative estimate of drug-likeness (QED) is 0.790. The molecule has 1 unspecified atom stereocenters. The van der Waals surface area contributed by atoms with Gasteiger partial charge < -0.3 is 15.5 Å². The van der Waals surface area contributed by atoms with E-state index in [-0.39, 0.29) is 29.4 Å². The number of nitrogens with zero attached hydrogens (tertiary/aromatic N) is 3. The zero-order valence-corrected chi connectivity index (χ0v) is 17.5. The van der Waals surface area contributed by atoms with Gasteiger partial charge in [0.15, 0.2) is 0 Å². The third kappa shape index (κ3) is 5.34. The van der Waals surface area contributed by atoms with Crippen LogP contribution in [0.15, 0.2) is 18.3 Å². The molecule has 1 aromatic rings. The van der Waals surface area contributed by atoms with E-state index in [1.807, 2.05) is 26.0 Å². The molecule has 2 N–H and O–H groups in total. The lowest BCUT2D eigenvalue weighted by Gasteiger charge is -2.33. The standard InChI is InChI=1S/C22H32N4O3/c1-15(2)12-19(27)18-4-3-9-26(14-18)22(29)17-5-6-20(24-13-17)25-10-7-16(8-11-25)21(23)28/h5-6,13,15-16,18H,3-4,7-12,14H2,1-2H3,(H2,23,28). The molecule has 0 bridgehead atoms. The number of ketones is 1. The zero-order chi connectivity index (χ0) is 21.0. The zero-order valence-electron chi connectivity index (χ0n) is 17.5. The van der Waals surface area contributed by atoms with Crippen molar-refractivity contribution in [3.8, 4) is 0 Å². The number of hydrogen-bond acceptors (Lipinski definition) is 5. The maximum Gasteiger partial charge on any atom is 0.255 e. The molecule has 2 fully saturated rings. The van der Waals surface area contributed by atoms with Gasteiger partial charge in [0.1, 0.15) is 11.6 Å². The number of pyridine rings is 1. The first-order valence-electron chi connectivity index (χ1n) is 10.7. The molecule has 2 aliphatic rings. The lowest BCUT2D eigenvalue weighted by Crippen LogP contribution is -2.42. The molecule has 158 valence electrons. The Morgan fingerprint density at radius 3 is 2.41 bits per heavy atom. The normalized spacial score (nSPS) is 20.7. The molecule has 3 rings (SSSR count). The fraction of sp³-hybridized carbons (Fsp3) is 0.636. The number of piperidine rings is 2. The van der Waals surface area contributed by atoms with Crippen molar-refractivity contribution in [2.75, 3.05) is 31.1 Å². The van der Waals surface area contributed by atoms with Crippen LogP contribution in [0.5, 0.6) is 0 Å². The molecule has 2 aliphatic heterocycles. The van der Waals surface area contributed by atoms with Gasteiger partial charge in [-0.15, -0.1) is 0 Å². The summed E-state index contributed by atoms with van der Waals surface area (Å²) in [4.78, 5) is 45.0. The Hall–Kier alpha value is -2.44. The van der Waals surface area contributed by atoms with E-state index in [1.165, 1.54) is 0 Å². The number of hydrogen-bond donors (Lipinski definition) is 1. The van der Waals surface area contributed by atoms with Crippen LogP contribution >= 0.6 is 0 Å². The van der Waals surface area contributed by atoms with Crippen molar-refractivity contribution in [2.45, 2.75) is 46.0 Å². The van der Waals surface area contributed by atoms with Gasteiger partial charge in [-0.05, 0) is 43.7 Å². The topological polar surface area (TPSA) is 96.6 Å². The number of aromatic nitrogens is 1. The maximum absolute atomic E-state index is 12.9. The Balaban J connectivity index is 1.59. The number of nitrogens with two attached hydrogens (primary N) is 1. The van der Waals surface area contributed by atoms with Crippen molar-refractivity contribution < 1.29 is 14.4 Å². The van der Waals surface area contributed by atoms with Gasteiger partial charge in [0.25, 0.3) is 5.91 Å². The molecule has 2 saturated heterocycles. The Morgan fingerprint density at radius 1 is 1.10 bits per heavy atom. The summed E-state index contributed by atoms with van der Waals surface area (Å²) in [5.41, 5.74) is 5.94. The van der Waals surface area contributed by atoms with E-state index in [0.717, 1.165) is 44.6 Å². The third-order valence-corrected chi connectivity index (χ3v) is 5.99. The van der Waals surface area contributed by atoms with Gasteiger partial charge in [-0.1, -0.05) is 13.8 Å². The molecule has 0 aromatic carbocycles. The fourth-order valence-corrected chi connectivity index (χ4v) is 4.27. The third-order valence-electron chi connectivity index (χ3n) is 5.99. The van der Waals surface area contributed by atoms with Crippen LogP contribution in [-0.4, -0.2) is 53.7 Å². The van der Waals surface area contributed by atoms with Gasteiger partial charge >= 0.3 is 0 Å². The lowest BCUT2D eigenvalue weighted by molar-refractivity contribution is -0.125. The second-order valence-electron chi connectivity index (χ2n) is 8.72. The van der Waals surface area contributed by atoms with Gasteiger partial charge in [-0.3, -0.25) is 14.4 Å². The first-order chi connectivity index (χ1) is 13.8. The molecule has 7 nitrogen and oxygen atoms in total. The van der Waals surface area contributed by atoms with E-state index in [1.54, 1.807) is 11.1 Å². The van der Waals surface area contributed by atoms with E-state index in [4.69, 9.17) is 5.73 Å². The summed E-state index contributed by atoms with van der Waals surface area (Å²) in [6.07, 6.45) is 5.40. The fourth-order valence-electron chi connectivity index (χ4n) is 4.27. The average Bonchev–Trinajstić information content (AvgIpc) is 2.73. The second kappa shape index (κ2) is 9.37. The predicted octanol–water partition coefficient (Wildman–Crippen LogP) is 2.25.